The first-order valence-electron chi connectivity index (χ1n) is 6.42. The van der Waals surface area contributed by atoms with Gasteiger partial charge in [0.1, 0.15) is 6.04 Å². The van der Waals surface area contributed by atoms with Gasteiger partial charge in [0.25, 0.3) is 0 Å². The van der Waals surface area contributed by atoms with Crippen LogP contribution >= 0.6 is 0 Å². The summed E-state index contributed by atoms with van der Waals surface area (Å²) in [4.78, 5) is 35.6. The zero-order valence-corrected chi connectivity index (χ0v) is 11.5. The summed E-state index contributed by atoms with van der Waals surface area (Å²) in [6.45, 7) is 0.169. The highest BCUT2D eigenvalue weighted by Crippen LogP contribution is 2.23. The molecular formula is C14H16N2O5. The van der Waals surface area contributed by atoms with Crippen molar-refractivity contribution in [2.75, 3.05) is 13.7 Å². The lowest BCUT2D eigenvalue weighted by atomic mass is 9.94. The third-order valence-corrected chi connectivity index (χ3v) is 3.40. The van der Waals surface area contributed by atoms with E-state index < -0.39 is 24.0 Å². The second-order valence-corrected chi connectivity index (χ2v) is 4.77. The first kappa shape index (κ1) is 15.0. The molecule has 0 aromatic heterocycles. The third kappa shape index (κ3) is 3.57. The van der Waals surface area contributed by atoms with Crippen LogP contribution in [0.4, 0.5) is 4.79 Å². The normalized spacial score (nSPS) is 17.7. The number of nitrogens with zero attached hydrogens (tertiary/aromatic N) is 1. The van der Waals surface area contributed by atoms with Crippen molar-refractivity contribution in [2.45, 2.75) is 19.0 Å². The summed E-state index contributed by atoms with van der Waals surface area (Å²) in [6, 6.07) is 6.73. The maximum atomic E-state index is 11.7. The zero-order valence-electron chi connectivity index (χ0n) is 11.5. The molecule has 1 aliphatic heterocycles. The fraction of sp³-hybridized carbons (Fsp3) is 0.357. The van der Waals surface area contributed by atoms with Gasteiger partial charge in [0.2, 0.25) is 5.91 Å². The van der Waals surface area contributed by atoms with Crippen molar-refractivity contribution >= 4 is 18.0 Å². The van der Waals surface area contributed by atoms with E-state index in [9.17, 15) is 19.5 Å². The van der Waals surface area contributed by atoms with Crippen LogP contribution in [0.3, 0.4) is 0 Å². The molecule has 0 bridgehead atoms. The van der Waals surface area contributed by atoms with Crippen molar-refractivity contribution < 1.29 is 24.2 Å². The van der Waals surface area contributed by atoms with Crippen LogP contribution in [-0.2, 0) is 27.3 Å². The summed E-state index contributed by atoms with van der Waals surface area (Å²) in [6.07, 6.45) is -0.527. The Morgan fingerprint density at radius 3 is 2.62 bits per heavy atom. The summed E-state index contributed by atoms with van der Waals surface area (Å²) in [5, 5.41) is 11.3. The summed E-state index contributed by atoms with van der Waals surface area (Å²) < 4.78 is 4.33. The maximum absolute atomic E-state index is 11.7. The number of hydrogen-bond acceptors (Lipinski definition) is 5. The van der Waals surface area contributed by atoms with Crippen molar-refractivity contribution in [1.82, 2.24) is 10.2 Å². The molecular weight excluding hydrogens is 276 g/mol. The lowest BCUT2D eigenvalue weighted by molar-refractivity contribution is -0.144. The number of aliphatic carboxylic acids is 1. The number of ether oxygens (including phenoxy) is 1. The summed E-state index contributed by atoms with van der Waals surface area (Å²) in [7, 11) is 1.15. The van der Waals surface area contributed by atoms with Crippen LogP contribution in [0.25, 0.3) is 0 Å². The molecule has 0 fully saturated rings. The fourth-order valence-electron chi connectivity index (χ4n) is 2.38. The molecule has 0 saturated heterocycles. The number of nitrogens with one attached hydrogen (secondary N) is 1. The van der Waals surface area contributed by atoms with E-state index in [0.717, 1.165) is 18.2 Å². The van der Waals surface area contributed by atoms with Crippen molar-refractivity contribution in [3.8, 4) is 0 Å². The molecule has 1 aromatic carbocycles. The summed E-state index contributed by atoms with van der Waals surface area (Å²) in [5.74, 6) is -1.58. The number of rotatable bonds is 3. The van der Waals surface area contributed by atoms with Crippen LogP contribution in [0.2, 0.25) is 0 Å². The molecule has 21 heavy (non-hydrogen) atoms. The maximum Gasteiger partial charge on any atom is 0.413 e. The van der Waals surface area contributed by atoms with Crippen molar-refractivity contribution in [3.63, 3.8) is 0 Å². The molecule has 112 valence electrons. The number of methoxy groups -OCH3 is 1. The molecule has 2 amide bonds. The molecule has 0 spiro atoms. The van der Waals surface area contributed by atoms with Crippen LogP contribution in [0, 0.1) is 0 Å². The van der Waals surface area contributed by atoms with Gasteiger partial charge >= 0.3 is 12.1 Å². The summed E-state index contributed by atoms with van der Waals surface area (Å²) >= 11 is 0. The predicted octanol–water partition coefficient (Wildman–Crippen LogP) is 0.380. The van der Waals surface area contributed by atoms with Gasteiger partial charge in [-0.15, -0.1) is 0 Å². The Morgan fingerprint density at radius 2 is 2.00 bits per heavy atom. The number of fused-ring (bicyclic) bond motifs is 1. The first-order valence-corrected chi connectivity index (χ1v) is 6.42. The van der Waals surface area contributed by atoms with E-state index in [0.29, 0.717) is 13.0 Å². The molecule has 7 nitrogen and oxygen atoms in total. The number of carbonyl (C=O) groups excluding carboxylic acids is 2. The summed E-state index contributed by atoms with van der Waals surface area (Å²) in [5.41, 5.74) is 1.95. The third-order valence-electron chi connectivity index (χ3n) is 3.40. The molecule has 0 saturated carbocycles. The van der Waals surface area contributed by atoms with E-state index in [-0.39, 0.29) is 6.54 Å². The monoisotopic (exact) mass is 292 g/mol. The van der Waals surface area contributed by atoms with Gasteiger partial charge in [0.05, 0.1) is 13.7 Å². The Hall–Kier alpha value is -2.41. The highest BCUT2D eigenvalue weighted by atomic mass is 16.5. The highest BCUT2D eigenvalue weighted by molar-refractivity contribution is 5.93. The minimum absolute atomic E-state index is 0.180. The van der Waals surface area contributed by atoms with Gasteiger partial charge in [-0.2, -0.15) is 0 Å². The number of hydrogen-bond donors (Lipinski definition) is 2. The molecule has 1 heterocycles. The van der Waals surface area contributed by atoms with E-state index in [2.05, 4.69) is 4.74 Å². The lowest BCUT2D eigenvalue weighted by Gasteiger charge is -2.33. The van der Waals surface area contributed by atoms with Gasteiger partial charge in [-0.05, 0) is 17.5 Å². The van der Waals surface area contributed by atoms with E-state index in [1.54, 1.807) is 0 Å². The number of amides is 2. The molecule has 1 atom stereocenters. The topological polar surface area (TPSA) is 95.9 Å². The number of carboxylic acids is 1. The van der Waals surface area contributed by atoms with Crippen LogP contribution in [0.1, 0.15) is 11.1 Å². The largest absolute Gasteiger partial charge is 0.480 e. The number of carbonyl (C=O) groups is 3. The molecule has 7 heteroatoms. The van der Waals surface area contributed by atoms with Gasteiger partial charge in [-0.1, -0.05) is 24.3 Å². The Morgan fingerprint density at radius 1 is 1.33 bits per heavy atom. The Bertz CT molecular complexity index is 572. The smallest absolute Gasteiger partial charge is 0.413 e. The van der Waals surface area contributed by atoms with Crippen molar-refractivity contribution in [1.29, 1.82) is 0 Å². The minimum Gasteiger partial charge on any atom is -0.480 e. The molecule has 0 unspecified atom stereocenters. The Labute approximate surface area is 121 Å². The number of imide groups is 1. The Kier molecular flexibility index (Phi) is 4.54. The standard InChI is InChI=1S/C14H16N2O5/c1-21-14(20)15-12(17)8-16-7-10-5-3-2-4-9(10)6-11(16)13(18)19/h2-5,11H,6-8H2,1H3,(H,18,19)(H,15,17,20)/t11-/m0/s1. The van der Waals surface area contributed by atoms with Crippen LogP contribution in [0.5, 0.6) is 0 Å². The Balaban J connectivity index is 2.11. The highest BCUT2D eigenvalue weighted by Gasteiger charge is 2.32. The average molecular weight is 292 g/mol. The van der Waals surface area contributed by atoms with E-state index in [1.165, 1.54) is 4.90 Å². The van der Waals surface area contributed by atoms with Gasteiger partial charge in [0, 0.05) is 6.54 Å². The first-order chi connectivity index (χ1) is 10.0. The minimum atomic E-state index is -0.990. The molecule has 2 rings (SSSR count). The van der Waals surface area contributed by atoms with E-state index in [1.807, 2.05) is 29.6 Å². The second-order valence-electron chi connectivity index (χ2n) is 4.77. The van der Waals surface area contributed by atoms with Gasteiger partial charge in [-0.25, -0.2) is 4.79 Å². The molecule has 1 aromatic rings. The zero-order chi connectivity index (χ0) is 15.4. The van der Waals surface area contributed by atoms with Crippen LogP contribution < -0.4 is 5.32 Å². The van der Waals surface area contributed by atoms with Gasteiger partial charge in [0.15, 0.2) is 0 Å². The fourth-order valence-corrected chi connectivity index (χ4v) is 2.38. The van der Waals surface area contributed by atoms with E-state index in [4.69, 9.17) is 0 Å². The number of carboxylic acid groups (broad SMARTS) is 1. The number of benzene rings is 1. The SMILES string of the molecule is COC(=O)NC(=O)CN1Cc2ccccc2C[C@H]1C(=O)O. The number of alkyl carbamates (subject to hydrolysis) is 1. The van der Waals surface area contributed by atoms with Crippen LogP contribution in [-0.4, -0.2) is 47.7 Å². The van der Waals surface area contributed by atoms with Crippen molar-refractivity contribution in [2.24, 2.45) is 0 Å². The molecule has 0 aliphatic carbocycles. The van der Waals surface area contributed by atoms with Crippen LogP contribution in [0.15, 0.2) is 24.3 Å². The average Bonchev–Trinajstić information content (AvgIpc) is 2.46. The predicted molar refractivity (Wildman–Crippen MR) is 72.5 cm³/mol. The quantitative estimate of drug-likeness (QED) is 0.836. The second kappa shape index (κ2) is 6.36. The van der Waals surface area contributed by atoms with Gasteiger partial charge in [-0.3, -0.25) is 19.8 Å². The van der Waals surface area contributed by atoms with E-state index >= 15 is 0 Å². The molecule has 2 N–H and O–H groups in total. The molecule has 0 radical (unpaired) electrons. The molecule has 1 aliphatic rings. The van der Waals surface area contributed by atoms with Gasteiger partial charge < -0.3 is 9.84 Å². The lowest BCUT2D eigenvalue weighted by Crippen LogP contribution is -2.50. The van der Waals surface area contributed by atoms with Crippen molar-refractivity contribution in [3.05, 3.63) is 35.4 Å².